The fourth-order valence-electron chi connectivity index (χ4n) is 3.22. The van der Waals surface area contributed by atoms with E-state index in [0.29, 0.717) is 6.61 Å². The Balaban J connectivity index is 1.67. The second-order valence-corrected chi connectivity index (χ2v) is 7.41. The topological polar surface area (TPSA) is 37.4 Å². The van der Waals surface area contributed by atoms with Gasteiger partial charge in [-0.2, -0.15) is 0 Å². The summed E-state index contributed by atoms with van der Waals surface area (Å²) in [7, 11) is 0. The van der Waals surface area contributed by atoms with Gasteiger partial charge in [-0.15, -0.1) is 11.3 Å². The lowest BCUT2D eigenvalue weighted by molar-refractivity contribution is 0.222. The van der Waals surface area contributed by atoms with Gasteiger partial charge in [0.05, 0.1) is 17.8 Å². The van der Waals surface area contributed by atoms with Gasteiger partial charge in [0.25, 0.3) is 0 Å². The highest BCUT2D eigenvalue weighted by molar-refractivity contribution is 7.09. The number of aromatic nitrogens is 1. The molecule has 1 aliphatic rings. The van der Waals surface area contributed by atoms with Crippen LogP contribution in [0.4, 0.5) is 0 Å². The molecule has 1 fully saturated rings. The van der Waals surface area contributed by atoms with Crippen LogP contribution >= 0.6 is 11.3 Å². The molecule has 24 heavy (non-hydrogen) atoms. The lowest BCUT2D eigenvalue weighted by atomic mass is 10.1. The van der Waals surface area contributed by atoms with E-state index in [1.165, 1.54) is 22.6 Å². The van der Waals surface area contributed by atoms with E-state index in [4.69, 9.17) is 4.74 Å². The van der Waals surface area contributed by atoms with Gasteiger partial charge in [-0.3, -0.25) is 4.90 Å². The van der Waals surface area contributed by atoms with Crippen molar-refractivity contribution in [2.45, 2.75) is 33.4 Å². The number of rotatable bonds is 8. The van der Waals surface area contributed by atoms with Crippen LogP contribution in [0.5, 0.6) is 5.75 Å². The molecule has 0 aliphatic carbocycles. The van der Waals surface area contributed by atoms with E-state index in [1.807, 2.05) is 12.4 Å². The SMILES string of the molecule is CCOc1ccc(CN(Cc2scnc2C)C[C@H]2CCNC2)cc1. The van der Waals surface area contributed by atoms with Crippen LogP contribution in [0.25, 0.3) is 0 Å². The Morgan fingerprint density at radius 3 is 2.75 bits per heavy atom. The maximum Gasteiger partial charge on any atom is 0.119 e. The number of hydrogen-bond acceptors (Lipinski definition) is 5. The van der Waals surface area contributed by atoms with Crippen molar-refractivity contribution in [3.8, 4) is 5.75 Å². The van der Waals surface area contributed by atoms with E-state index in [0.717, 1.165) is 44.4 Å². The maximum atomic E-state index is 5.55. The van der Waals surface area contributed by atoms with Crippen LogP contribution in [0.1, 0.15) is 29.5 Å². The molecular weight excluding hydrogens is 318 g/mol. The van der Waals surface area contributed by atoms with Crippen molar-refractivity contribution in [1.29, 1.82) is 0 Å². The first kappa shape index (κ1) is 17.4. The first-order valence-corrected chi connectivity index (χ1v) is 9.66. The molecule has 2 aromatic rings. The molecule has 3 rings (SSSR count). The third-order valence-corrected chi connectivity index (χ3v) is 5.45. The predicted octanol–water partition coefficient (Wildman–Crippen LogP) is 3.46. The van der Waals surface area contributed by atoms with Gasteiger partial charge in [-0.25, -0.2) is 4.98 Å². The number of hydrogen-bond donors (Lipinski definition) is 1. The zero-order valence-corrected chi connectivity index (χ0v) is 15.4. The number of ether oxygens (including phenoxy) is 1. The van der Waals surface area contributed by atoms with Gasteiger partial charge in [-0.1, -0.05) is 12.1 Å². The number of nitrogens with zero attached hydrogens (tertiary/aromatic N) is 2. The Morgan fingerprint density at radius 2 is 2.12 bits per heavy atom. The first-order valence-electron chi connectivity index (χ1n) is 8.78. The Bertz CT molecular complexity index is 620. The minimum atomic E-state index is 0.713. The largest absolute Gasteiger partial charge is 0.494 e. The molecule has 1 saturated heterocycles. The Hall–Kier alpha value is -1.43. The minimum absolute atomic E-state index is 0.713. The molecule has 0 spiro atoms. The van der Waals surface area contributed by atoms with Gasteiger partial charge in [0.2, 0.25) is 0 Å². The molecule has 1 atom stereocenters. The summed E-state index contributed by atoms with van der Waals surface area (Å²) < 4.78 is 5.55. The van der Waals surface area contributed by atoms with Crippen LogP contribution in [0, 0.1) is 12.8 Å². The van der Waals surface area contributed by atoms with Gasteiger partial charge in [0.15, 0.2) is 0 Å². The molecule has 0 bridgehead atoms. The minimum Gasteiger partial charge on any atom is -0.494 e. The van der Waals surface area contributed by atoms with Crippen LogP contribution in [0.15, 0.2) is 29.8 Å². The summed E-state index contributed by atoms with van der Waals surface area (Å²) in [6.45, 7) is 10.2. The van der Waals surface area contributed by atoms with E-state index < -0.39 is 0 Å². The van der Waals surface area contributed by atoms with Gasteiger partial charge in [0.1, 0.15) is 5.75 Å². The molecule has 5 heteroatoms. The molecule has 1 aromatic heterocycles. The zero-order valence-electron chi connectivity index (χ0n) is 14.6. The molecule has 130 valence electrons. The van der Waals surface area contributed by atoms with Gasteiger partial charge in [0, 0.05) is 24.5 Å². The van der Waals surface area contributed by atoms with Crippen molar-refractivity contribution < 1.29 is 4.74 Å². The average Bonchev–Trinajstić information content (AvgIpc) is 3.22. The zero-order chi connectivity index (χ0) is 16.8. The summed E-state index contributed by atoms with van der Waals surface area (Å²) in [5, 5.41) is 3.48. The van der Waals surface area contributed by atoms with E-state index in [9.17, 15) is 0 Å². The van der Waals surface area contributed by atoms with Gasteiger partial charge >= 0.3 is 0 Å². The highest BCUT2D eigenvalue weighted by atomic mass is 32.1. The maximum absolute atomic E-state index is 5.55. The fourth-order valence-corrected chi connectivity index (χ4v) is 4.04. The third-order valence-electron chi connectivity index (χ3n) is 4.53. The highest BCUT2D eigenvalue weighted by Gasteiger charge is 2.19. The van der Waals surface area contributed by atoms with E-state index in [-0.39, 0.29) is 0 Å². The summed E-state index contributed by atoms with van der Waals surface area (Å²) in [5.74, 6) is 1.70. The lowest BCUT2D eigenvalue weighted by Gasteiger charge is -2.25. The Labute approximate surface area is 148 Å². The van der Waals surface area contributed by atoms with Crippen molar-refractivity contribution in [3.63, 3.8) is 0 Å². The fraction of sp³-hybridized carbons (Fsp3) is 0.526. The quantitative estimate of drug-likeness (QED) is 0.795. The second-order valence-electron chi connectivity index (χ2n) is 6.47. The summed E-state index contributed by atoms with van der Waals surface area (Å²) in [6.07, 6.45) is 1.28. The standard InChI is InChI=1S/C19H27N3OS/c1-3-23-18-6-4-16(5-7-18)11-22(12-17-8-9-20-10-17)13-19-15(2)21-14-24-19/h4-7,14,17,20H,3,8-13H2,1-2H3/t17-/m0/s1. The van der Waals surface area contributed by atoms with Crippen molar-refractivity contribution in [2.24, 2.45) is 5.92 Å². The van der Waals surface area contributed by atoms with Crippen LogP contribution < -0.4 is 10.1 Å². The van der Waals surface area contributed by atoms with E-state index >= 15 is 0 Å². The van der Waals surface area contributed by atoms with Crippen molar-refractivity contribution in [2.75, 3.05) is 26.2 Å². The molecule has 2 heterocycles. The Morgan fingerprint density at radius 1 is 1.29 bits per heavy atom. The molecule has 1 aliphatic heterocycles. The average molecular weight is 346 g/mol. The van der Waals surface area contributed by atoms with Gasteiger partial charge < -0.3 is 10.1 Å². The van der Waals surface area contributed by atoms with E-state index in [2.05, 4.69) is 46.4 Å². The Kier molecular flexibility index (Phi) is 6.24. The second kappa shape index (κ2) is 8.60. The molecule has 0 saturated carbocycles. The van der Waals surface area contributed by atoms with E-state index in [1.54, 1.807) is 11.3 Å². The lowest BCUT2D eigenvalue weighted by Crippen LogP contribution is -2.30. The highest BCUT2D eigenvalue weighted by Crippen LogP contribution is 2.21. The molecular formula is C19H27N3OS. The number of nitrogens with one attached hydrogen (secondary N) is 1. The number of aryl methyl sites for hydroxylation is 1. The van der Waals surface area contributed by atoms with Crippen molar-refractivity contribution in [1.82, 2.24) is 15.2 Å². The van der Waals surface area contributed by atoms with Gasteiger partial charge in [-0.05, 0) is 57.0 Å². The summed E-state index contributed by atoms with van der Waals surface area (Å²) in [4.78, 5) is 8.35. The molecule has 4 nitrogen and oxygen atoms in total. The molecule has 0 amide bonds. The summed E-state index contributed by atoms with van der Waals surface area (Å²) in [6, 6.07) is 8.52. The first-order chi connectivity index (χ1) is 11.7. The van der Waals surface area contributed by atoms with Crippen LogP contribution in [0.2, 0.25) is 0 Å². The van der Waals surface area contributed by atoms with Crippen molar-refractivity contribution >= 4 is 11.3 Å². The normalized spacial score (nSPS) is 17.5. The molecule has 0 unspecified atom stereocenters. The smallest absolute Gasteiger partial charge is 0.119 e. The van der Waals surface area contributed by atoms with Crippen LogP contribution in [0.3, 0.4) is 0 Å². The van der Waals surface area contributed by atoms with Crippen molar-refractivity contribution in [3.05, 3.63) is 45.9 Å². The molecule has 1 N–H and O–H groups in total. The third kappa shape index (κ3) is 4.79. The summed E-state index contributed by atoms with van der Waals surface area (Å²) in [5.41, 5.74) is 4.46. The monoisotopic (exact) mass is 345 g/mol. The molecule has 1 aromatic carbocycles. The number of benzene rings is 1. The predicted molar refractivity (Wildman–Crippen MR) is 99.6 cm³/mol. The summed E-state index contributed by atoms with van der Waals surface area (Å²) >= 11 is 1.77. The number of thiazole rings is 1. The molecule has 0 radical (unpaired) electrons. The van der Waals surface area contributed by atoms with Crippen LogP contribution in [-0.4, -0.2) is 36.1 Å². The van der Waals surface area contributed by atoms with Crippen LogP contribution in [-0.2, 0) is 13.1 Å².